The Morgan fingerprint density at radius 1 is 0.906 bits per heavy atom. The summed E-state index contributed by atoms with van der Waals surface area (Å²) in [5.74, 6) is 2.30. The molecular formula is C22H25N7O2S. The lowest BCUT2D eigenvalue weighted by molar-refractivity contribution is -0.118. The maximum atomic E-state index is 11.1. The lowest BCUT2D eigenvalue weighted by Gasteiger charge is -2.34. The van der Waals surface area contributed by atoms with Crippen molar-refractivity contribution in [3.63, 3.8) is 0 Å². The highest BCUT2D eigenvalue weighted by molar-refractivity contribution is 7.98. The van der Waals surface area contributed by atoms with Crippen LogP contribution in [0.2, 0.25) is 0 Å². The Labute approximate surface area is 190 Å². The van der Waals surface area contributed by atoms with Gasteiger partial charge in [0.1, 0.15) is 22.4 Å². The second kappa shape index (κ2) is 9.66. The van der Waals surface area contributed by atoms with Crippen molar-refractivity contribution in [3.05, 3.63) is 42.2 Å². The van der Waals surface area contributed by atoms with Crippen molar-refractivity contribution in [2.24, 2.45) is 0 Å². The molecule has 5 rings (SSSR count). The summed E-state index contributed by atoms with van der Waals surface area (Å²) in [5, 5.41) is 0.850. The average molecular weight is 452 g/mol. The average Bonchev–Trinajstić information content (AvgIpc) is 2.88. The summed E-state index contributed by atoms with van der Waals surface area (Å²) >= 11 is 1.66. The van der Waals surface area contributed by atoms with Crippen LogP contribution in [-0.2, 0) is 15.3 Å². The van der Waals surface area contributed by atoms with Crippen molar-refractivity contribution in [2.45, 2.75) is 10.8 Å². The first kappa shape index (κ1) is 20.9. The molecule has 3 aromatic rings. The molecule has 0 unspecified atom stereocenters. The largest absolute Gasteiger partial charge is 0.378 e. The third kappa shape index (κ3) is 4.46. The van der Waals surface area contributed by atoms with Crippen LogP contribution in [0.4, 0.5) is 11.8 Å². The predicted molar refractivity (Wildman–Crippen MR) is 124 cm³/mol. The van der Waals surface area contributed by atoms with Crippen molar-refractivity contribution in [1.29, 1.82) is 0 Å². The number of anilines is 2. The van der Waals surface area contributed by atoms with Gasteiger partial charge >= 0.3 is 0 Å². The van der Waals surface area contributed by atoms with E-state index in [4.69, 9.17) is 14.7 Å². The molecule has 166 valence electrons. The normalized spacial score (nSPS) is 17.1. The van der Waals surface area contributed by atoms with E-state index in [2.05, 4.69) is 31.9 Å². The lowest BCUT2D eigenvalue weighted by Crippen LogP contribution is -2.46. The van der Waals surface area contributed by atoms with Gasteiger partial charge in [0.15, 0.2) is 5.82 Å². The molecule has 2 fully saturated rings. The summed E-state index contributed by atoms with van der Waals surface area (Å²) in [6.45, 7) is 5.60. The molecule has 2 saturated heterocycles. The van der Waals surface area contributed by atoms with Gasteiger partial charge in [-0.25, -0.2) is 15.0 Å². The molecule has 0 bridgehead atoms. The van der Waals surface area contributed by atoms with Gasteiger partial charge in [-0.05, 0) is 5.56 Å². The fourth-order valence-corrected chi connectivity index (χ4v) is 4.79. The van der Waals surface area contributed by atoms with Gasteiger partial charge in [0.25, 0.3) is 0 Å². The molecule has 32 heavy (non-hydrogen) atoms. The van der Waals surface area contributed by atoms with Gasteiger partial charge in [-0.15, -0.1) is 0 Å². The minimum Gasteiger partial charge on any atom is -0.378 e. The second-order valence-corrected chi connectivity index (χ2v) is 8.69. The molecule has 0 saturated carbocycles. The third-order valence-electron chi connectivity index (χ3n) is 5.69. The molecule has 2 aliphatic heterocycles. The maximum absolute atomic E-state index is 11.1. The Balaban J connectivity index is 1.52. The zero-order valence-electron chi connectivity index (χ0n) is 17.8. The highest BCUT2D eigenvalue weighted by Crippen LogP contribution is 2.32. The number of amides is 1. The number of benzene rings is 1. The molecule has 0 N–H and O–H groups in total. The number of fused-ring (bicyclic) bond motifs is 1. The van der Waals surface area contributed by atoms with Crippen LogP contribution in [0.3, 0.4) is 0 Å². The number of hydrogen-bond acceptors (Lipinski definition) is 9. The van der Waals surface area contributed by atoms with Crippen LogP contribution in [0.5, 0.6) is 0 Å². The first-order valence-corrected chi connectivity index (χ1v) is 11.8. The van der Waals surface area contributed by atoms with Crippen LogP contribution < -0.4 is 9.80 Å². The Hall–Kier alpha value is -2.98. The maximum Gasteiger partial charge on any atom is 0.228 e. The van der Waals surface area contributed by atoms with E-state index in [1.54, 1.807) is 23.0 Å². The monoisotopic (exact) mass is 451 g/mol. The van der Waals surface area contributed by atoms with Crippen LogP contribution in [0, 0.1) is 0 Å². The number of ether oxygens (including phenoxy) is 1. The number of morpholine rings is 1. The van der Waals surface area contributed by atoms with Crippen LogP contribution in [0.15, 0.2) is 41.7 Å². The minimum absolute atomic E-state index is 0.665. The molecule has 0 aliphatic carbocycles. The smallest absolute Gasteiger partial charge is 0.228 e. The van der Waals surface area contributed by atoms with Gasteiger partial charge in [0.2, 0.25) is 12.4 Å². The van der Waals surface area contributed by atoms with E-state index in [1.165, 1.54) is 5.56 Å². The number of thioether (sulfide) groups is 1. The first-order chi connectivity index (χ1) is 15.8. The zero-order valence-corrected chi connectivity index (χ0v) is 18.6. The van der Waals surface area contributed by atoms with E-state index >= 15 is 0 Å². The second-order valence-electron chi connectivity index (χ2n) is 7.73. The van der Waals surface area contributed by atoms with Crippen LogP contribution in [-0.4, -0.2) is 83.7 Å². The molecule has 9 nitrogen and oxygen atoms in total. The van der Waals surface area contributed by atoms with Gasteiger partial charge in [-0.2, -0.15) is 4.98 Å². The molecule has 4 heterocycles. The summed E-state index contributed by atoms with van der Waals surface area (Å²) < 4.78 is 5.54. The fraction of sp³-hybridized carbons (Fsp3) is 0.409. The van der Waals surface area contributed by atoms with Crippen molar-refractivity contribution in [1.82, 2.24) is 24.8 Å². The Bertz CT molecular complexity index is 1070. The third-order valence-corrected chi connectivity index (χ3v) is 6.74. The van der Waals surface area contributed by atoms with E-state index < -0.39 is 0 Å². The molecule has 2 aromatic heterocycles. The van der Waals surface area contributed by atoms with E-state index in [9.17, 15) is 4.79 Å². The quantitative estimate of drug-likeness (QED) is 0.316. The van der Waals surface area contributed by atoms with E-state index in [-0.39, 0.29) is 0 Å². The summed E-state index contributed by atoms with van der Waals surface area (Å²) in [6, 6.07) is 10.3. The molecule has 2 aliphatic rings. The number of rotatable bonds is 6. The van der Waals surface area contributed by atoms with E-state index in [0.717, 1.165) is 47.1 Å². The summed E-state index contributed by atoms with van der Waals surface area (Å²) in [7, 11) is 0. The van der Waals surface area contributed by atoms with Gasteiger partial charge in [-0.1, -0.05) is 42.1 Å². The van der Waals surface area contributed by atoms with Gasteiger partial charge < -0.3 is 19.4 Å². The van der Waals surface area contributed by atoms with Crippen molar-refractivity contribution >= 4 is 41.0 Å². The number of piperazine rings is 1. The van der Waals surface area contributed by atoms with Crippen molar-refractivity contribution in [3.8, 4) is 0 Å². The van der Waals surface area contributed by atoms with E-state index in [0.29, 0.717) is 45.3 Å². The molecule has 1 amide bonds. The van der Waals surface area contributed by atoms with E-state index in [1.807, 2.05) is 18.2 Å². The minimum atomic E-state index is 0.665. The topological polar surface area (TPSA) is 87.6 Å². The van der Waals surface area contributed by atoms with Gasteiger partial charge in [0, 0.05) is 45.0 Å². The Kier molecular flexibility index (Phi) is 6.31. The molecular weight excluding hydrogens is 426 g/mol. The molecule has 10 heteroatoms. The first-order valence-electron chi connectivity index (χ1n) is 10.8. The number of carbonyl (C=O) groups is 1. The van der Waals surface area contributed by atoms with Crippen LogP contribution >= 0.6 is 11.8 Å². The SMILES string of the molecule is O=CN1CCN(c2nc(N3CCOCC3)c3ncnc(SCc4ccccc4)c3n2)CC1. The lowest BCUT2D eigenvalue weighted by atomic mass is 10.2. The number of hydrogen-bond donors (Lipinski definition) is 0. The van der Waals surface area contributed by atoms with Crippen molar-refractivity contribution < 1.29 is 9.53 Å². The van der Waals surface area contributed by atoms with Gasteiger partial charge in [0.05, 0.1) is 13.2 Å². The molecule has 0 radical (unpaired) electrons. The summed E-state index contributed by atoms with van der Waals surface area (Å²) in [6.07, 6.45) is 2.51. The van der Waals surface area contributed by atoms with Crippen molar-refractivity contribution in [2.75, 3.05) is 62.3 Å². The fourth-order valence-electron chi connectivity index (χ4n) is 3.90. The Morgan fingerprint density at radius 2 is 1.69 bits per heavy atom. The number of nitrogens with zero attached hydrogens (tertiary/aromatic N) is 7. The molecule has 1 aromatic carbocycles. The number of carbonyl (C=O) groups excluding carboxylic acids is 1. The predicted octanol–water partition coefficient (Wildman–Crippen LogP) is 1.83. The summed E-state index contributed by atoms with van der Waals surface area (Å²) in [5.41, 5.74) is 2.78. The molecule has 0 spiro atoms. The van der Waals surface area contributed by atoms with Crippen LogP contribution in [0.25, 0.3) is 11.0 Å². The van der Waals surface area contributed by atoms with Crippen LogP contribution in [0.1, 0.15) is 5.56 Å². The zero-order chi connectivity index (χ0) is 21.8. The van der Waals surface area contributed by atoms with Gasteiger partial charge in [-0.3, -0.25) is 4.79 Å². The highest BCUT2D eigenvalue weighted by atomic mass is 32.2. The standard InChI is InChI=1S/C22H25N7O2S/c30-16-27-6-8-29(9-7-27)22-25-19-18(20(26-22)28-10-12-31-13-11-28)23-15-24-21(19)32-14-17-4-2-1-3-5-17/h1-5,15-16H,6-14H2. The Morgan fingerprint density at radius 3 is 2.44 bits per heavy atom. The highest BCUT2D eigenvalue weighted by Gasteiger charge is 2.24. The molecule has 0 atom stereocenters. The number of aromatic nitrogens is 4. The summed E-state index contributed by atoms with van der Waals surface area (Å²) in [4.78, 5) is 36.3.